The van der Waals surface area contributed by atoms with E-state index >= 15 is 0 Å². The van der Waals surface area contributed by atoms with E-state index in [9.17, 15) is 10.2 Å². The van der Waals surface area contributed by atoms with E-state index in [0.717, 1.165) is 38.5 Å². The molecule has 0 saturated heterocycles. The fourth-order valence-corrected chi connectivity index (χ4v) is 4.60. The van der Waals surface area contributed by atoms with Crippen molar-refractivity contribution < 1.29 is 10.2 Å². The Hall–Kier alpha value is -0.340. The summed E-state index contributed by atoms with van der Waals surface area (Å²) in [6.07, 6.45) is 8.66. The molecule has 2 heteroatoms. The summed E-state index contributed by atoms with van der Waals surface area (Å²) in [7, 11) is 0. The Morgan fingerprint density at radius 2 is 2.05 bits per heavy atom. The van der Waals surface area contributed by atoms with Crippen molar-refractivity contribution in [2.75, 3.05) is 0 Å². The van der Waals surface area contributed by atoms with Gasteiger partial charge in [0, 0.05) is 0 Å². The van der Waals surface area contributed by atoms with Gasteiger partial charge in [0.15, 0.2) is 0 Å². The number of aliphatic hydroxyl groups is 2. The zero-order valence-electron chi connectivity index (χ0n) is 13.7. The lowest BCUT2D eigenvalue weighted by molar-refractivity contribution is 0.0145. The Balaban J connectivity index is 2.05. The van der Waals surface area contributed by atoms with Crippen molar-refractivity contribution in [3.8, 4) is 0 Å². The van der Waals surface area contributed by atoms with Crippen LogP contribution in [0.3, 0.4) is 0 Å². The van der Waals surface area contributed by atoms with E-state index in [2.05, 4.69) is 13.8 Å². The van der Waals surface area contributed by atoms with Gasteiger partial charge in [0.05, 0.1) is 11.7 Å². The van der Waals surface area contributed by atoms with Gasteiger partial charge in [-0.3, -0.25) is 0 Å². The molecule has 2 aliphatic carbocycles. The van der Waals surface area contributed by atoms with Crippen molar-refractivity contribution >= 4 is 0 Å². The molecule has 0 spiro atoms. The zero-order valence-corrected chi connectivity index (χ0v) is 13.7. The molecule has 0 radical (unpaired) electrons. The fraction of sp³-hybridized carbons (Fsp3) is 0.889. The van der Waals surface area contributed by atoms with Crippen molar-refractivity contribution in [1.82, 2.24) is 0 Å². The highest BCUT2D eigenvalue weighted by molar-refractivity contribution is 5.27. The zero-order chi connectivity index (χ0) is 15.0. The topological polar surface area (TPSA) is 40.5 Å². The van der Waals surface area contributed by atoms with E-state index in [1.165, 1.54) is 18.4 Å². The molecule has 0 amide bonds. The maximum absolute atomic E-state index is 10.3. The van der Waals surface area contributed by atoms with E-state index in [0.29, 0.717) is 5.92 Å². The van der Waals surface area contributed by atoms with Crippen molar-refractivity contribution in [2.24, 2.45) is 11.3 Å². The molecule has 116 valence electrons. The third-order valence-corrected chi connectivity index (χ3v) is 5.73. The molecule has 0 heterocycles. The van der Waals surface area contributed by atoms with E-state index in [1.54, 1.807) is 5.57 Å². The molecule has 0 bridgehead atoms. The average Bonchev–Trinajstić information content (AvgIpc) is 2.66. The van der Waals surface area contributed by atoms with Gasteiger partial charge in [-0.2, -0.15) is 0 Å². The van der Waals surface area contributed by atoms with Crippen LogP contribution in [0.1, 0.15) is 79.1 Å². The van der Waals surface area contributed by atoms with Gasteiger partial charge < -0.3 is 10.2 Å². The minimum Gasteiger partial charge on any atom is -0.393 e. The summed E-state index contributed by atoms with van der Waals surface area (Å²) in [6, 6.07) is 0. The summed E-state index contributed by atoms with van der Waals surface area (Å²) in [5, 5.41) is 20.1. The van der Waals surface area contributed by atoms with Crippen LogP contribution in [0.25, 0.3) is 0 Å². The quantitative estimate of drug-likeness (QED) is 0.757. The van der Waals surface area contributed by atoms with Gasteiger partial charge in [0.1, 0.15) is 0 Å². The minimum absolute atomic E-state index is 0.0876. The first-order valence-corrected chi connectivity index (χ1v) is 8.33. The van der Waals surface area contributed by atoms with Crippen molar-refractivity contribution in [2.45, 2.75) is 90.8 Å². The van der Waals surface area contributed by atoms with Crippen LogP contribution >= 0.6 is 0 Å². The second-order valence-corrected chi connectivity index (χ2v) is 7.95. The van der Waals surface area contributed by atoms with E-state index in [1.807, 2.05) is 13.8 Å². The first kappa shape index (κ1) is 16.0. The minimum atomic E-state index is -0.548. The SMILES string of the molecule is CC(CCCC(C)(C)O)=C1CC[C@H]2[C@@H](O)CCC[C@]12C. The first-order valence-electron chi connectivity index (χ1n) is 8.33. The lowest BCUT2D eigenvalue weighted by Gasteiger charge is -2.41. The number of allylic oxidation sites excluding steroid dienone is 2. The third-order valence-electron chi connectivity index (χ3n) is 5.73. The molecule has 2 nitrogen and oxygen atoms in total. The van der Waals surface area contributed by atoms with Gasteiger partial charge in [-0.05, 0) is 83.5 Å². The Morgan fingerprint density at radius 3 is 2.70 bits per heavy atom. The summed E-state index contributed by atoms with van der Waals surface area (Å²) in [4.78, 5) is 0. The lowest BCUT2D eigenvalue weighted by Crippen LogP contribution is -2.37. The Kier molecular flexibility index (Phi) is 4.66. The Bertz CT molecular complexity index is 377. The largest absolute Gasteiger partial charge is 0.393 e. The lowest BCUT2D eigenvalue weighted by atomic mass is 9.65. The molecule has 2 saturated carbocycles. The molecule has 2 fully saturated rings. The number of fused-ring (bicyclic) bond motifs is 1. The number of hydrogen-bond donors (Lipinski definition) is 2. The molecule has 0 aromatic rings. The van der Waals surface area contributed by atoms with E-state index < -0.39 is 5.60 Å². The molecule has 2 rings (SSSR count). The van der Waals surface area contributed by atoms with Crippen LogP contribution < -0.4 is 0 Å². The highest BCUT2D eigenvalue weighted by Crippen LogP contribution is 2.56. The highest BCUT2D eigenvalue weighted by atomic mass is 16.3. The van der Waals surface area contributed by atoms with Gasteiger partial charge >= 0.3 is 0 Å². The summed E-state index contributed by atoms with van der Waals surface area (Å²) >= 11 is 0. The molecule has 3 atom stereocenters. The summed E-state index contributed by atoms with van der Waals surface area (Å²) in [6.45, 7) is 8.43. The predicted molar refractivity (Wildman–Crippen MR) is 83.5 cm³/mol. The molecule has 2 N–H and O–H groups in total. The van der Waals surface area contributed by atoms with Crippen LogP contribution in [0.4, 0.5) is 0 Å². The molecular formula is C18H32O2. The monoisotopic (exact) mass is 280 g/mol. The van der Waals surface area contributed by atoms with Gasteiger partial charge in [0.2, 0.25) is 0 Å². The second kappa shape index (κ2) is 5.81. The molecule has 0 aromatic heterocycles. The average molecular weight is 280 g/mol. The molecule has 20 heavy (non-hydrogen) atoms. The van der Waals surface area contributed by atoms with Crippen molar-refractivity contribution in [1.29, 1.82) is 0 Å². The van der Waals surface area contributed by atoms with Gasteiger partial charge in [-0.25, -0.2) is 0 Å². The highest BCUT2D eigenvalue weighted by Gasteiger charge is 2.48. The Morgan fingerprint density at radius 1 is 1.35 bits per heavy atom. The smallest absolute Gasteiger partial charge is 0.0591 e. The van der Waals surface area contributed by atoms with Gasteiger partial charge in [-0.15, -0.1) is 0 Å². The van der Waals surface area contributed by atoms with E-state index in [-0.39, 0.29) is 11.5 Å². The predicted octanol–water partition coefficient (Wildman–Crippen LogP) is 4.21. The second-order valence-electron chi connectivity index (χ2n) is 7.95. The number of hydrogen-bond acceptors (Lipinski definition) is 2. The maximum Gasteiger partial charge on any atom is 0.0591 e. The maximum atomic E-state index is 10.3. The van der Waals surface area contributed by atoms with Crippen LogP contribution in [0.5, 0.6) is 0 Å². The van der Waals surface area contributed by atoms with E-state index in [4.69, 9.17) is 0 Å². The summed E-state index contributed by atoms with van der Waals surface area (Å²) in [5.74, 6) is 0.482. The standard InChI is InChI=1S/C18H32O2/c1-13(7-5-11-17(2,3)20)14-9-10-15-16(19)8-6-12-18(14,15)4/h15-16,19-20H,5-12H2,1-4H3/t15-,16-,18+/m0/s1. The normalized spacial score (nSPS) is 36.9. The van der Waals surface area contributed by atoms with Gasteiger partial charge in [0.25, 0.3) is 0 Å². The molecule has 0 aromatic carbocycles. The Labute approximate surface area is 124 Å². The van der Waals surface area contributed by atoms with Crippen molar-refractivity contribution in [3.05, 3.63) is 11.1 Å². The first-order chi connectivity index (χ1) is 9.24. The van der Waals surface area contributed by atoms with Gasteiger partial charge in [-0.1, -0.05) is 18.1 Å². The van der Waals surface area contributed by atoms with Crippen LogP contribution in [-0.4, -0.2) is 21.9 Å². The number of aliphatic hydroxyl groups excluding tert-OH is 1. The van der Waals surface area contributed by atoms with Crippen LogP contribution in [0.15, 0.2) is 11.1 Å². The summed E-state index contributed by atoms with van der Waals surface area (Å²) in [5.41, 5.74) is 2.84. The molecule has 2 aliphatic rings. The molecule has 0 aliphatic heterocycles. The third kappa shape index (κ3) is 3.28. The fourth-order valence-electron chi connectivity index (χ4n) is 4.60. The van der Waals surface area contributed by atoms with Crippen LogP contribution in [0.2, 0.25) is 0 Å². The van der Waals surface area contributed by atoms with Crippen molar-refractivity contribution in [3.63, 3.8) is 0 Å². The number of rotatable bonds is 4. The van der Waals surface area contributed by atoms with Crippen LogP contribution in [0, 0.1) is 11.3 Å². The van der Waals surface area contributed by atoms with Crippen LogP contribution in [-0.2, 0) is 0 Å². The molecular weight excluding hydrogens is 248 g/mol. The summed E-state index contributed by atoms with van der Waals surface area (Å²) < 4.78 is 0. The molecule has 0 unspecified atom stereocenters.